The van der Waals surface area contributed by atoms with Crippen LogP contribution in [0.5, 0.6) is 0 Å². The third-order valence-corrected chi connectivity index (χ3v) is 13.0. The van der Waals surface area contributed by atoms with Crippen molar-refractivity contribution >= 4 is 18.0 Å². The van der Waals surface area contributed by atoms with Crippen LogP contribution in [0.15, 0.2) is 46.8 Å². The minimum atomic E-state index is -1.22. The summed E-state index contributed by atoms with van der Waals surface area (Å²) in [6.45, 7) is 20.0. The van der Waals surface area contributed by atoms with Crippen molar-refractivity contribution in [1.29, 1.82) is 0 Å². The molecule has 3 unspecified atom stereocenters. The summed E-state index contributed by atoms with van der Waals surface area (Å²) in [6.07, 6.45) is -0.689. The second kappa shape index (κ2) is 22.3. The summed E-state index contributed by atoms with van der Waals surface area (Å²) in [5.41, 5.74) is 7.33. The molecule has 4 rings (SSSR count). The molecular formula is C46H74N6O11. The first kappa shape index (κ1) is 51.7. The van der Waals surface area contributed by atoms with Gasteiger partial charge in [0.05, 0.1) is 41.1 Å². The highest BCUT2D eigenvalue weighted by Crippen LogP contribution is 2.42. The second-order valence-corrected chi connectivity index (χ2v) is 18.7. The molecule has 0 radical (unpaired) electrons. The highest BCUT2D eigenvalue weighted by atomic mass is 16.7. The Morgan fingerprint density at radius 1 is 1.13 bits per heavy atom. The van der Waals surface area contributed by atoms with Crippen LogP contribution in [0, 0.1) is 17.8 Å². The molecule has 354 valence electrons. The van der Waals surface area contributed by atoms with E-state index < -0.39 is 71.6 Å². The van der Waals surface area contributed by atoms with Gasteiger partial charge in [-0.3, -0.25) is 4.90 Å². The van der Waals surface area contributed by atoms with Crippen LogP contribution in [0.2, 0.25) is 0 Å². The fourth-order valence-corrected chi connectivity index (χ4v) is 9.56. The summed E-state index contributed by atoms with van der Waals surface area (Å²) in [5, 5.41) is 18.5. The number of rotatable bonds is 23. The van der Waals surface area contributed by atoms with Gasteiger partial charge in [-0.25, -0.2) is 14.4 Å². The Balaban J connectivity index is 1.61. The number of nitrogens with zero attached hydrogens (tertiary/aromatic N) is 5. The number of nitrogens with one attached hydrogen (secondary N) is 1. The number of carbonyl (C=O) groups is 3. The molecule has 0 bridgehead atoms. The predicted octanol–water partition coefficient (Wildman–Crippen LogP) is 6.98. The first-order valence-corrected chi connectivity index (χ1v) is 22.4. The zero-order valence-corrected chi connectivity index (χ0v) is 39.8. The van der Waals surface area contributed by atoms with E-state index in [-0.39, 0.29) is 30.5 Å². The molecule has 12 atom stereocenters. The van der Waals surface area contributed by atoms with Gasteiger partial charge in [-0.2, -0.15) is 0 Å². The number of hydrogen-bond acceptors (Lipinski definition) is 14. The molecule has 3 aliphatic heterocycles. The maximum Gasteiger partial charge on any atom is 0.410 e. The molecule has 0 aliphatic carbocycles. The molecule has 2 fully saturated rings. The van der Waals surface area contributed by atoms with E-state index >= 15 is 0 Å². The largest absolute Gasteiger partial charge is 0.459 e. The number of ether oxygens (including phenoxy) is 7. The Morgan fingerprint density at radius 2 is 1.81 bits per heavy atom. The van der Waals surface area contributed by atoms with E-state index in [0.717, 1.165) is 0 Å². The molecule has 17 heteroatoms. The van der Waals surface area contributed by atoms with Gasteiger partial charge < -0.3 is 48.5 Å². The van der Waals surface area contributed by atoms with E-state index in [1.165, 1.54) is 0 Å². The number of azide groups is 1. The Kier molecular flexibility index (Phi) is 18.3. The summed E-state index contributed by atoms with van der Waals surface area (Å²) in [6, 6.07) is 8.05. The third kappa shape index (κ3) is 12.6. The van der Waals surface area contributed by atoms with Gasteiger partial charge in [-0.1, -0.05) is 51.0 Å². The van der Waals surface area contributed by atoms with Crippen LogP contribution in [0.1, 0.15) is 112 Å². The second-order valence-electron chi connectivity index (χ2n) is 18.7. The standard InChI is InChI=1S/C46H74N6O11/c1-14-36(53)46(10)38(52(43(56)63-46)23-19-18-22-49-50-47)32(6)48-26-28(2)25-45(9,57-13)39(30(4)37-31(5)40(54)62-44(7,8)61-37)60-42-29(3)35(51(11)12)24-34(59-42)27-58-41(55)33-20-16-15-17-21-33/h15-17,20-21,28-30,32,34-36,38-39,42,48,53H,14,18-19,22-27H2,1-13H3/t28-,29?,30+,32-,34?,35?,36-,38-,39-,42+,45-,46-/m1/s1. The van der Waals surface area contributed by atoms with Gasteiger partial charge in [0.1, 0.15) is 12.4 Å². The lowest BCUT2D eigenvalue weighted by Crippen LogP contribution is -2.60. The molecule has 17 nitrogen and oxygen atoms in total. The number of methoxy groups -OCH3 is 1. The summed E-state index contributed by atoms with van der Waals surface area (Å²) in [5.74, 6) is -2.41. The molecule has 1 aromatic rings. The van der Waals surface area contributed by atoms with Crippen LogP contribution >= 0.6 is 0 Å². The van der Waals surface area contributed by atoms with E-state index in [1.54, 1.807) is 64.0 Å². The molecule has 3 heterocycles. The smallest absolute Gasteiger partial charge is 0.410 e. The summed E-state index contributed by atoms with van der Waals surface area (Å²) in [4.78, 5) is 46.1. The number of amides is 1. The van der Waals surface area contributed by atoms with Crippen LogP contribution in [-0.4, -0.2) is 140 Å². The lowest BCUT2D eigenvalue weighted by molar-refractivity contribution is -0.290. The number of aliphatic hydroxyl groups excluding tert-OH is 1. The van der Waals surface area contributed by atoms with Crippen molar-refractivity contribution < 1.29 is 52.6 Å². The Bertz CT molecular complexity index is 1780. The van der Waals surface area contributed by atoms with Crippen molar-refractivity contribution in [2.45, 2.75) is 161 Å². The van der Waals surface area contributed by atoms with Crippen molar-refractivity contribution in [2.24, 2.45) is 22.9 Å². The molecule has 63 heavy (non-hydrogen) atoms. The molecular weight excluding hydrogens is 813 g/mol. The minimum absolute atomic E-state index is 0.00770. The molecule has 0 aromatic heterocycles. The minimum Gasteiger partial charge on any atom is -0.459 e. The van der Waals surface area contributed by atoms with E-state index in [0.29, 0.717) is 68.6 Å². The van der Waals surface area contributed by atoms with Crippen LogP contribution < -0.4 is 5.32 Å². The first-order valence-electron chi connectivity index (χ1n) is 22.4. The van der Waals surface area contributed by atoms with Gasteiger partial charge in [0.2, 0.25) is 5.79 Å². The third-order valence-electron chi connectivity index (χ3n) is 13.0. The van der Waals surface area contributed by atoms with E-state index in [9.17, 15) is 19.5 Å². The van der Waals surface area contributed by atoms with E-state index in [1.807, 2.05) is 47.9 Å². The van der Waals surface area contributed by atoms with Crippen LogP contribution in [0.25, 0.3) is 10.4 Å². The average molecular weight is 887 g/mol. The Labute approximate surface area is 374 Å². The SMILES string of the molecule is CC[C@@H](O)[C@@]1(C)OC(=O)N(CCCCN=[N+]=[N-])[C@@H]1[C@@H](C)NC[C@H](C)C[C@@](C)(OC)[C@H](O[C@@H]1OC(COC(=O)c2ccccc2)CC(N(C)C)C1C)[C@@H](C)C1=C(C)C(=O)OC(C)(C)O1. The molecule has 2 saturated heterocycles. The number of cyclic esters (lactones) is 2. The van der Waals surface area contributed by atoms with Crippen molar-refractivity contribution in [2.75, 3.05) is 47.4 Å². The average Bonchev–Trinajstić information content (AvgIpc) is 3.51. The monoisotopic (exact) mass is 887 g/mol. The Morgan fingerprint density at radius 3 is 2.43 bits per heavy atom. The number of aliphatic hydroxyl groups is 1. The molecule has 1 aromatic carbocycles. The van der Waals surface area contributed by atoms with Crippen molar-refractivity contribution in [3.63, 3.8) is 0 Å². The van der Waals surface area contributed by atoms with E-state index in [4.69, 9.17) is 38.7 Å². The van der Waals surface area contributed by atoms with Crippen LogP contribution in [0.4, 0.5) is 4.79 Å². The van der Waals surface area contributed by atoms with Crippen LogP contribution in [0.3, 0.4) is 0 Å². The van der Waals surface area contributed by atoms with Gasteiger partial charge in [0.15, 0.2) is 11.9 Å². The number of unbranched alkanes of at least 4 members (excludes halogenated alkanes) is 1. The zero-order chi connectivity index (χ0) is 46.9. The number of esters is 2. The lowest BCUT2D eigenvalue weighted by atomic mass is 9.80. The molecule has 1 amide bonds. The highest BCUT2D eigenvalue weighted by molar-refractivity contribution is 5.89. The normalized spacial score (nSPS) is 28.2. The van der Waals surface area contributed by atoms with Gasteiger partial charge in [0.25, 0.3) is 0 Å². The molecule has 0 spiro atoms. The van der Waals surface area contributed by atoms with Crippen molar-refractivity contribution in [3.8, 4) is 0 Å². The van der Waals surface area contributed by atoms with Crippen molar-refractivity contribution in [3.05, 3.63) is 57.7 Å². The molecule has 0 saturated carbocycles. The fraction of sp³-hybridized carbons (Fsp3) is 0.761. The summed E-state index contributed by atoms with van der Waals surface area (Å²) in [7, 11) is 5.66. The van der Waals surface area contributed by atoms with Crippen LogP contribution in [-0.2, 0) is 38.0 Å². The summed E-state index contributed by atoms with van der Waals surface area (Å²) < 4.78 is 44.0. The quantitative estimate of drug-likeness (QED) is 0.0285. The van der Waals surface area contributed by atoms with Gasteiger partial charge >= 0.3 is 18.0 Å². The van der Waals surface area contributed by atoms with Gasteiger partial charge in [-0.15, -0.1) is 0 Å². The maximum absolute atomic E-state index is 13.3. The lowest BCUT2D eigenvalue weighted by Gasteiger charge is -2.48. The first-order chi connectivity index (χ1) is 29.6. The predicted molar refractivity (Wildman–Crippen MR) is 236 cm³/mol. The number of carbonyl (C=O) groups excluding carboxylic acids is 3. The zero-order valence-electron chi connectivity index (χ0n) is 39.8. The van der Waals surface area contributed by atoms with Gasteiger partial charge in [0, 0.05) is 62.9 Å². The Hall–Kier alpha value is -3.96. The topological polar surface area (TPSA) is 203 Å². The number of benzene rings is 1. The van der Waals surface area contributed by atoms with Gasteiger partial charge in [-0.05, 0) is 104 Å². The van der Waals surface area contributed by atoms with Crippen molar-refractivity contribution in [1.82, 2.24) is 15.1 Å². The fourth-order valence-electron chi connectivity index (χ4n) is 9.56. The highest BCUT2D eigenvalue weighted by Gasteiger charge is 2.56. The molecule has 3 aliphatic rings. The summed E-state index contributed by atoms with van der Waals surface area (Å²) >= 11 is 0. The number of hydrogen-bond donors (Lipinski definition) is 2. The maximum atomic E-state index is 13.3. The van der Waals surface area contributed by atoms with E-state index in [2.05, 4.69) is 34.1 Å². The molecule has 2 N–H and O–H groups in total.